The Morgan fingerprint density at radius 2 is 2.15 bits per heavy atom. The zero-order valence-corrected chi connectivity index (χ0v) is 11.2. The fourth-order valence-electron chi connectivity index (χ4n) is 0.632. The second-order valence-corrected chi connectivity index (χ2v) is 6.64. The summed E-state index contributed by atoms with van der Waals surface area (Å²) in [6.45, 7) is 6.46. The predicted molar refractivity (Wildman–Crippen MR) is 62.9 cm³/mol. The molecule has 1 heterocycles. The number of halogens is 1. The van der Waals surface area contributed by atoms with Gasteiger partial charge < -0.3 is 0 Å². The fraction of sp³-hybridized carbons (Fsp3) is 0.750. The molecule has 13 heavy (non-hydrogen) atoms. The Kier molecular flexibility index (Phi) is 4.19. The minimum atomic E-state index is 0.324. The van der Waals surface area contributed by atoms with Crippen LogP contribution in [0.5, 0.6) is 0 Å². The zero-order chi connectivity index (χ0) is 9.90. The first-order valence-electron chi connectivity index (χ1n) is 4.02. The van der Waals surface area contributed by atoms with Crippen LogP contribution < -0.4 is 0 Å². The number of nitrogens with zero attached hydrogens (tertiary/aromatic N) is 2. The van der Waals surface area contributed by atoms with Crippen LogP contribution in [0.4, 0.5) is 0 Å². The van der Waals surface area contributed by atoms with Crippen LogP contribution in [0.25, 0.3) is 0 Å². The van der Waals surface area contributed by atoms with Gasteiger partial charge in [0.15, 0.2) is 4.34 Å². The van der Waals surface area contributed by atoms with Gasteiger partial charge in [-0.05, 0) is 12.3 Å². The molecule has 0 saturated heterocycles. The molecule has 5 heteroatoms. The largest absolute Gasteiger partial charge is 0.174 e. The third-order valence-corrected chi connectivity index (χ3v) is 5.46. The Balaban J connectivity index is 2.43. The standard InChI is InChI=1S/C8H13BrN2S2/c1-6-10-11-7(13-6)12-5-8(2,3)4-9/h4-5H2,1-3H3. The van der Waals surface area contributed by atoms with Crippen LogP contribution in [-0.2, 0) is 0 Å². The molecular weight excluding hydrogens is 268 g/mol. The molecule has 2 nitrogen and oxygen atoms in total. The smallest absolute Gasteiger partial charge is 0.143 e. The summed E-state index contributed by atoms with van der Waals surface area (Å²) in [6, 6.07) is 0. The summed E-state index contributed by atoms with van der Waals surface area (Å²) in [5.41, 5.74) is 0.324. The van der Waals surface area contributed by atoms with Crippen molar-refractivity contribution >= 4 is 39.0 Å². The molecule has 1 aromatic heterocycles. The molecule has 0 amide bonds. The van der Waals surface area contributed by atoms with Crippen molar-refractivity contribution in [2.24, 2.45) is 5.41 Å². The van der Waals surface area contributed by atoms with Crippen LogP contribution in [-0.4, -0.2) is 21.3 Å². The molecular formula is C8H13BrN2S2. The third-order valence-electron chi connectivity index (χ3n) is 1.46. The normalized spacial score (nSPS) is 12.0. The van der Waals surface area contributed by atoms with Crippen LogP contribution in [0.2, 0.25) is 0 Å². The van der Waals surface area contributed by atoms with E-state index in [1.54, 1.807) is 23.1 Å². The van der Waals surface area contributed by atoms with Crippen molar-refractivity contribution in [2.75, 3.05) is 11.1 Å². The average Bonchev–Trinajstić information content (AvgIpc) is 2.48. The molecule has 1 rings (SSSR count). The zero-order valence-electron chi connectivity index (χ0n) is 8.00. The van der Waals surface area contributed by atoms with Crippen molar-refractivity contribution in [2.45, 2.75) is 25.1 Å². The van der Waals surface area contributed by atoms with Gasteiger partial charge >= 0.3 is 0 Å². The van der Waals surface area contributed by atoms with Gasteiger partial charge in [-0.15, -0.1) is 10.2 Å². The molecule has 0 bridgehead atoms. The predicted octanol–water partition coefficient (Wildman–Crippen LogP) is 3.36. The van der Waals surface area contributed by atoms with E-state index in [1.165, 1.54) is 0 Å². The summed E-state index contributed by atoms with van der Waals surface area (Å²) in [7, 11) is 0. The molecule has 0 radical (unpaired) electrons. The third kappa shape index (κ3) is 3.95. The van der Waals surface area contributed by atoms with Crippen LogP contribution in [0.15, 0.2) is 4.34 Å². The summed E-state index contributed by atoms with van der Waals surface area (Å²) < 4.78 is 1.08. The van der Waals surface area contributed by atoms with Crippen LogP contribution in [0.3, 0.4) is 0 Å². The molecule has 0 spiro atoms. The lowest BCUT2D eigenvalue weighted by Crippen LogP contribution is -2.15. The second kappa shape index (κ2) is 4.75. The van der Waals surface area contributed by atoms with E-state index in [2.05, 4.69) is 40.0 Å². The van der Waals surface area contributed by atoms with E-state index in [0.717, 1.165) is 20.4 Å². The maximum Gasteiger partial charge on any atom is 0.174 e. The van der Waals surface area contributed by atoms with Gasteiger partial charge in [0, 0.05) is 11.1 Å². The molecule has 0 aliphatic rings. The maximum absolute atomic E-state index is 4.07. The Morgan fingerprint density at radius 1 is 1.46 bits per heavy atom. The summed E-state index contributed by atoms with van der Waals surface area (Å²) in [6.07, 6.45) is 0. The van der Waals surface area contributed by atoms with E-state index in [1.807, 2.05) is 6.92 Å². The Hall–Kier alpha value is 0.390. The van der Waals surface area contributed by atoms with Gasteiger partial charge in [0.2, 0.25) is 0 Å². The Bertz CT molecular complexity index is 273. The van der Waals surface area contributed by atoms with Crippen molar-refractivity contribution in [1.82, 2.24) is 10.2 Å². The van der Waals surface area contributed by atoms with Crippen LogP contribution in [0, 0.1) is 12.3 Å². The van der Waals surface area contributed by atoms with E-state index in [9.17, 15) is 0 Å². The monoisotopic (exact) mass is 280 g/mol. The van der Waals surface area contributed by atoms with Crippen LogP contribution >= 0.6 is 39.0 Å². The van der Waals surface area contributed by atoms with E-state index in [0.29, 0.717) is 5.41 Å². The molecule has 0 aliphatic carbocycles. The molecule has 74 valence electrons. The summed E-state index contributed by atoms with van der Waals surface area (Å²) in [5, 5.41) is 10.1. The summed E-state index contributed by atoms with van der Waals surface area (Å²) >= 11 is 6.96. The van der Waals surface area contributed by atoms with E-state index < -0.39 is 0 Å². The van der Waals surface area contributed by atoms with Gasteiger partial charge in [-0.1, -0.05) is 52.9 Å². The SMILES string of the molecule is Cc1nnc(SCC(C)(C)CBr)s1. The topological polar surface area (TPSA) is 25.8 Å². The van der Waals surface area contributed by atoms with Crippen LogP contribution in [0.1, 0.15) is 18.9 Å². The van der Waals surface area contributed by atoms with E-state index in [4.69, 9.17) is 0 Å². The lowest BCUT2D eigenvalue weighted by Gasteiger charge is -2.19. The average molecular weight is 281 g/mol. The lowest BCUT2D eigenvalue weighted by molar-refractivity contribution is 0.496. The first kappa shape index (κ1) is 11.5. The molecule has 0 unspecified atom stereocenters. The number of aryl methyl sites for hydroxylation is 1. The van der Waals surface area contributed by atoms with Gasteiger partial charge in [0.1, 0.15) is 5.01 Å². The first-order valence-corrected chi connectivity index (χ1v) is 6.95. The minimum absolute atomic E-state index is 0.324. The van der Waals surface area contributed by atoms with Gasteiger partial charge in [0.25, 0.3) is 0 Å². The number of hydrogen-bond acceptors (Lipinski definition) is 4. The van der Waals surface area contributed by atoms with Crippen molar-refractivity contribution in [3.8, 4) is 0 Å². The maximum atomic E-state index is 4.07. The number of hydrogen-bond donors (Lipinski definition) is 0. The highest BCUT2D eigenvalue weighted by Gasteiger charge is 2.17. The molecule has 0 atom stereocenters. The van der Waals surface area contributed by atoms with Crippen molar-refractivity contribution in [3.05, 3.63) is 5.01 Å². The summed E-state index contributed by atoms with van der Waals surface area (Å²) in [5.74, 6) is 1.08. The van der Waals surface area contributed by atoms with Gasteiger partial charge in [-0.3, -0.25) is 0 Å². The van der Waals surface area contributed by atoms with Gasteiger partial charge in [-0.25, -0.2) is 0 Å². The minimum Gasteiger partial charge on any atom is -0.143 e. The second-order valence-electron chi connectivity index (χ2n) is 3.67. The van der Waals surface area contributed by atoms with E-state index >= 15 is 0 Å². The molecule has 0 saturated carbocycles. The lowest BCUT2D eigenvalue weighted by atomic mass is 10.0. The van der Waals surface area contributed by atoms with Gasteiger partial charge in [-0.2, -0.15) is 0 Å². The first-order chi connectivity index (χ1) is 6.03. The van der Waals surface area contributed by atoms with Crippen molar-refractivity contribution in [3.63, 3.8) is 0 Å². The molecule has 0 N–H and O–H groups in total. The van der Waals surface area contributed by atoms with E-state index in [-0.39, 0.29) is 0 Å². The molecule has 0 fully saturated rings. The highest BCUT2D eigenvalue weighted by atomic mass is 79.9. The number of thioether (sulfide) groups is 1. The van der Waals surface area contributed by atoms with Crippen molar-refractivity contribution in [1.29, 1.82) is 0 Å². The molecule has 1 aromatic rings. The quantitative estimate of drug-likeness (QED) is 0.625. The Labute approximate surface area is 95.7 Å². The number of rotatable bonds is 4. The summed E-state index contributed by atoms with van der Waals surface area (Å²) in [4.78, 5) is 0. The number of aromatic nitrogens is 2. The van der Waals surface area contributed by atoms with Crippen molar-refractivity contribution < 1.29 is 0 Å². The molecule has 0 aliphatic heterocycles. The van der Waals surface area contributed by atoms with Gasteiger partial charge in [0.05, 0.1) is 0 Å². The molecule has 0 aromatic carbocycles. The highest BCUT2D eigenvalue weighted by Crippen LogP contribution is 2.30. The Morgan fingerprint density at radius 3 is 2.62 bits per heavy atom. The highest BCUT2D eigenvalue weighted by molar-refractivity contribution is 9.09. The number of alkyl halides is 1. The fourth-order valence-corrected chi connectivity index (χ4v) is 3.00.